The second-order valence-electron chi connectivity index (χ2n) is 9.61. The van der Waals surface area contributed by atoms with Gasteiger partial charge in [0, 0.05) is 54.0 Å². The molecule has 0 amide bonds. The summed E-state index contributed by atoms with van der Waals surface area (Å²) in [6.07, 6.45) is 12.6. The maximum Gasteiger partial charge on any atom is 0.164 e. The van der Waals surface area contributed by atoms with E-state index in [4.69, 9.17) is 9.97 Å². The number of hydrogen-bond acceptors (Lipinski definition) is 6. The van der Waals surface area contributed by atoms with Crippen molar-refractivity contribution >= 4 is 27.4 Å². The Balaban J connectivity index is 1.43. The fraction of sp³-hybridized carbons (Fsp3) is 0.560. The van der Waals surface area contributed by atoms with Gasteiger partial charge in [-0.25, -0.2) is 9.97 Å². The molecule has 0 radical (unpaired) electrons. The highest BCUT2D eigenvalue weighted by atomic mass is 32.1. The second kappa shape index (κ2) is 7.82. The van der Waals surface area contributed by atoms with E-state index in [1.54, 1.807) is 0 Å². The Morgan fingerprint density at radius 3 is 2.71 bits per heavy atom. The molecule has 0 N–H and O–H groups in total. The van der Waals surface area contributed by atoms with E-state index in [-0.39, 0.29) is 0 Å². The van der Waals surface area contributed by atoms with Crippen LogP contribution in [0.5, 0.6) is 0 Å². The highest BCUT2D eigenvalue weighted by molar-refractivity contribution is 7.19. The van der Waals surface area contributed by atoms with Crippen LogP contribution in [0.2, 0.25) is 0 Å². The van der Waals surface area contributed by atoms with Crippen molar-refractivity contribution < 1.29 is 0 Å². The number of anilines is 1. The van der Waals surface area contributed by atoms with Crippen LogP contribution in [0.3, 0.4) is 0 Å². The van der Waals surface area contributed by atoms with Gasteiger partial charge in [-0.1, -0.05) is 0 Å². The minimum absolute atomic E-state index is 0.625. The van der Waals surface area contributed by atoms with Crippen LogP contribution in [0, 0.1) is 0 Å². The maximum absolute atomic E-state index is 5.21. The molecule has 6 rings (SSSR count). The van der Waals surface area contributed by atoms with Crippen LogP contribution in [0.15, 0.2) is 24.5 Å². The minimum Gasteiger partial charge on any atom is -0.354 e. The summed E-state index contributed by atoms with van der Waals surface area (Å²) in [7, 11) is 0. The molecule has 5 heterocycles. The van der Waals surface area contributed by atoms with Crippen LogP contribution in [0.4, 0.5) is 5.82 Å². The Bertz CT molecular complexity index is 1080. The fourth-order valence-electron chi connectivity index (χ4n) is 6.15. The number of fused-ring (bicyclic) bond motifs is 3. The molecule has 3 aliphatic rings. The first-order valence-electron chi connectivity index (χ1n) is 11.9. The van der Waals surface area contributed by atoms with E-state index in [0.29, 0.717) is 18.1 Å². The molecule has 6 heteroatoms. The van der Waals surface area contributed by atoms with Crippen molar-refractivity contribution in [3.8, 4) is 11.4 Å². The fourth-order valence-corrected chi connectivity index (χ4v) is 7.41. The Hall–Kier alpha value is -2.05. The molecule has 2 saturated heterocycles. The quantitative estimate of drug-likeness (QED) is 0.576. The topological polar surface area (TPSA) is 45.2 Å². The van der Waals surface area contributed by atoms with Crippen LogP contribution >= 0.6 is 11.3 Å². The first-order valence-corrected chi connectivity index (χ1v) is 12.8. The number of thiophene rings is 1. The van der Waals surface area contributed by atoms with Crippen molar-refractivity contribution in [2.45, 2.75) is 76.9 Å². The Labute approximate surface area is 188 Å². The third-order valence-electron chi connectivity index (χ3n) is 7.60. The van der Waals surface area contributed by atoms with Gasteiger partial charge in [0.1, 0.15) is 10.6 Å². The largest absolute Gasteiger partial charge is 0.354 e. The number of aryl methyl sites for hydroxylation is 2. The van der Waals surface area contributed by atoms with Gasteiger partial charge < -0.3 is 4.90 Å². The van der Waals surface area contributed by atoms with Gasteiger partial charge in [0.25, 0.3) is 0 Å². The van der Waals surface area contributed by atoms with Crippen molar-refractivity contribution in [2.75, 3.05) is 18.0 Å². The van der Waals surface area contributed by atoms with Gasteiger partial charge in [-0.05, 0) is 76.5 Å². The maximum atomic E-state index is 5.21. The molecule has 3 aromatic rings. The lowest BCUT2D eigenvalue weighted by molar-refractivity contribution is 0.129. The number of rotatable bonds is 3. The molecule has 2 aliphatic heterocycles. The molecule has 0 unspecified atom stereocenters. The van der Waals surface area contributed by atoms with Gasteiger partial charge in [0.05, 0.1) is 5.39 Å². The van der Waals surface area contributed by atoms with Gasteiger partial charge >= 0.3 is 0 Å². The summed E-state index contributed by atoms with van der Waals surface area (Å²) < 4.78 is 0. The summed E-state index contributed by atoms with van der Waals surface area (Å²) in [6.45, 7) is 7.00. The summed E-state index contributed by atoms with van der Waals surface area (Å²) in [4.78, 5) is 22.6. The second-order valence-corrected chi connectivity index (χ2v) is 10.7. The first kappa shape index (κ1) is 19.6. The van der Waals surface area contributed by atoms with Crippen LogP contribution in [0.1, 0.15) is 56.4 Å². The summed E-state index contributed by atoms with van der Waals surface area (Å²) in [5.74, 6) is 1.99. The lowest BCUT2D eigenvalue weighted by Gasteiger charge is -2.42. The van der Waals surface area contributed by atoms with Crippen molar-refractivity contribution in [2.24, 2.45) is 0 Å². The smallest absolute Gasteiger partial charge is 0.164 e. The van der Waals surface area contributed by atoms with Crippen molar-refractivity contribution in [3.63, 3.8) is 0 Å². The Kier molecular flexibility index (Phi) is 4.95. The summed E-state index contributed by atoms with van der Waals surface area (Å²) in [6, 6.07) is 6.07. The monoisotopic (exact) mass is 433 g/mol. The van der Waals surface area contributed by atoms with E-state index in [1.807, 2.05) is 29.8 Å². The Morgan fingerprint density at radius 1 is 1.03 bits per heavy atom. The van der Waals surface area contributed by atoms with Gasteiger partial charge in [0.2, 0.25) is 0 Å². The molecule has 3 atom stereocenters. The molecule has 5 nitrogen and oxygen atoms in total. The van der Waals surface area contributed by atoms with Crippen LogP contribution in [0.25, 0.3) is 21.6 Å². The van der Waals surface area contributed by atoms with E-state index in [9.17, 15) is 0 Å². The van der Waals surface area contributed by atoms with E-state index < -0.39 is 0 Å². The molecule has 0 aromatic carbocycles. The summed E-state index contributed by atoms with van der Waals surface area (Å²) in [5, 5.41) is 1.34. The van der Waals surface area contributed by atoms with E-state index >= 15 is 0 Å². The van der Waals surface area contributed by atoms with Gasteiger partial charge in [0.15, 0.2) is 5.82 Å². The highest BCUT2D eigenvalue weighted by Gasteiger charge is 2.36. The number of pyridine rings is 1. The minimum atomic E-state index is 0.625. The van der Waals surface area contributed by atoms with E-state index in [1.165, 1.54) is 71.4 Å². The zero-order chi connectivity index (χ0) is 20.9. The average Bonchev–Trinajstić information content (AvgIpc) is 3.48. The molecule has 0 bridgehead atoms. The molecule has 2 fully saturated rings. The molecular formula is C25H31N5S. The zero-order valence-corrected chi connectivity index (χ0v) is 19.4. The molecule has 0 spiro atoms. The van der Waals surface area contributed by atoms with Crippen LogP contribution in [-0.2, 0) is 12.8 Å². The normalized spacial score (nSPS) is 26.6. The number of nitrogens with zero attached hydrogens (tertiary/aromatic N) is 5. The number of hydrogen-bond donors (Lipinski definition) is 0. The van der Waals surface area contributed by atoms with Crippen molar-refractivity contribution in [1.29, 1.82) is 0 Å². The van der Waals surface area contributed by atoms with Gasteiger partial charge in [-0.2, -0.15) is 0 Å². The third-order valence-corrected chi connectivity index (χ3v) is 8.79. The molecule has 31 heavy (non-hydrogen) atoms. The average molecular weight is 434 g/mol. The summed E-state index contributed by atoms with van der Waals surface area (Å²) >= 11 is 1.89. The number of aromatic nitrogens is 3. The van der Waals surface area contributed by atoms with Crippen molar-refractivity contribution in [3.05, 3.63) is 35.0 Å². The highest BCUT2D eigenvalue weighted by Crippen LogP contribution is 2.42. The molecule has 0 saturated carbocycles. The zero-order valence-electron chi connectivity index (χ0n) is 18.5. The molecule has 1 aliphatic carbocycles. The van der Waals surface area contributed by atoms with Crippen LogP contribution in [-0.4, -0.2) is 51.1 Å². The van der Waals surface area contributed by atoms with E-state index in [2.05, 4.69) is 34.7 Å². The van der Waals surface area contributed by atoms with Crippen LogP contribution < -0.4 is 4.90 Å². The Morgan fingerprint density at radius 2 is 1.90 bits per heavy atom. The molecular weight excluding hydrogens is 402 g/mol. The summed E-state index contributed by atoms with van der Waals surface area (Å²) in [5.41, 5.74) is 2.53. The van der Waals surface area contributed by atoms with E-state index in [0.717, 1.165) is 24.5 Å². The SMILES string of the molecule is C[C@@H]1CC[C@H](C)N1[C@H]1CCCN(c2nc(-c3cccnc3)nc3sc4c(c23)CCC4)C1. The standard InChI is InChI=1S/C25H31N5S/c1-16-10-11-17(2)30(16)19-7-5-13-29(15-19)24-22-20-8-3-9-21(20)31-25(22)28-23(27-24)18-6-4-12-26-14-18/h4,6,12,14,16-17,19H,3,5,7-11,13,15H2,1-2H3/t16-,17+,19-/m0/s1. The lowest BCUT2D eigenvalue weighted by atomic mass is 10.0. The van der Waals surface area contributed by atoms with Gasteiger partial charge in [-0.3, -0.25) is 9.88 Å². The predicted octanol–water partition coefficient (Wildman–Crippen LogP) is 5.08. The first-order chi connectivity index (χ1) is 15.2. The van der Waals surface area contributed by atoms with Gasteiger partial charge in [-0.15, -0.1) is 11.3 Å². The van der Waals surface area contributed by atoms with Crippen molar-refractivity contribution in [1.82, 2.24) is 19.9 Å². The predicted molar refractivity (Wildman–Crippen MR) is 128 cm³/mol. The third kappa shape index (κ3) is 3.35. The number of piperidine rings is 1. The molecule has 3 aromatic heterocycles. The lowest BCUT2D eigenvalue weighted by Crippen LogP contribution is -2.51. The number of likely N-dealkylation sites (tertiary alicyclic amines) is 1. The molecule has 162 valence electrons.